The van der Waals surface area contributed by atoms with E-state index in [4.69, 9.17) is 0 Å². The molecule has 0 unspecified atom stereocenters. The quantitative estimate of drug-likeness (QED) is 0.206. The average Bonchev–Trinajstić information content (AvgIpc) is 3.43. The maximum atomic E-state index is 10.0. The molecule has 0 amide bonds. The summed E-state index contributed by atoms with van der Waals surface area (Å²) in [5.41, 5.74) is 7.42. The Hall–Kier alpha value is -5.23. The molecule has 8 aromatic rings. The van der Waals surface area contributed by atoms with Crippen LogP contribution < -0.4 is 0 Å². The van der Waals surface area contributed by atoms with Gasteiger partial charge in [-0.15, -0.1) is 11.3 Å². The Bertz CT molecular complexity index is 2330. The molecule has 0 aliphatic heterocycles. The lowest BCUT2D eigenvalue weighted by atomic mass is 9.91. The fraction of sp³-hybridized carbons (Fsp3) is 0. The fourth-order valence-corrected chi connectivity index (χ4v) is 7.39. The van der Waals surface area contributed by atoms with Gasteiger partial charge >= 0.3 is 0 Å². The van der Waals surface area contributed by atoms with Crippen molar-refractivity contribution in [2.45, 2.75) is 0 Å². The number of thiophene rings is 1. The van der Waals surface area contributed by atoms with Gasteiger partial charge in [0.05, 0.1) is 11.6 Å². The van der Waals surface area contributed by atoms with Crippen molar-refractivity contribution in [2.24, 2.45) is 0 Å². The zero-order valence-electron chi connectivity index (χ0n) is 22.1. The standard InChI is InChI=1S/C39H23NS/c40-24-25-19-29(22-30(20-25)32-16-8-17-36-35-15-5-6-18-38(35)41-39(32)36)26-10-7-11-27(21-26)37-23-28-9-1-2-12-31(28)33-13-3-4-14-34(33)37/h1-23H. The monoisotopic (exact) mass is 537 g/mol. The molecule has 1 aromatic heterocycles. The lowest BCUT2D eigenvalue weighted by Gasteiger charge is -2.13. The first kappa shape index (κ1) is 23.6. The van der Waals surface area contributed by atoms with Gasteiger partial charge in [0.15, 0.2) is 0 Å². The highest BCUT2D eigenvalue weighted by atomic mass is 32.1. The molecule has 1 nitrogen and oxygen atoms in total. The van der Waals surface area contributed by atoms with E-state index in [0.717, 1.165) is 16.7 Å². The number of hydrogen-bond acceptors (Lipinski definition) is 2. The van der Waals surface area contributed by atoms with Crippen molar-refractivity contribution in [1.82, 2.24) is 0 Å². The first-order valence-electron chi connectivity index (χ1n) is 13.7. The Morgan fingerprint density at radius 3 is 1.98 bits per heavy atom. The molecule has 0 aliphatic rings. The molecule has 0 spiro atoms. The summed E-state index contributed by atoms with van der Waals surface area (Å²) in [5, 5.41) is 17.6. The Morgan fingerprint density at radius 2 is 1.10 bits per heavy atom. The van der Waals surface area contributed by atoms with Crippen LogP contribution in [-0.2, 0) is 0 Å². The summed E-state index contributed by atoms with van der Waals surface area (Å²) in [4.78, 5) is 0. The van der Waals surface area contributed by atoms with Crippen LogP contribution in [0.2, 0.25) is 0 Å². The zero-order valence-corrected chi connectivity index (χ0v) is 23.0. The van der Waals surface area contributed by atoms with Crippen LogP contribution in [0.5, 0.6) is 0 Å². The minimum absolute atomic E-state index is 0.664. The molecular weight excluding hydrogens is 515 g/mol. The van der Waals surface area contributed by atoms with Gasteiger partial charge in [-0.1, -0.05) is 103 Å². The lowest BCUT2D eigenvalue weighted by Crippen LogP contribution is -1.88. The van der Waals surface area contributed by atoms with E-state index in [1.807, 2.05) is 23.5 Å². The minimum Gasteiger partial charge on any atom is -0.192 e. The third-order valence-corrected chi connectivity index (χ3v) is 9.27. The molecule has 0 aliphatic carbocycles. The molecule has 190 valence electrons. The van der Waals surface area contributed by atoms with Gasteiger partial charge in [0.2, 0.25) is 0 Å². The van der Waals surface area contributed by atoms with Gasteiger partial charge in [0, 0.05) is 20.2 Å². The van der Waals surface area contributed by atoms with E-state index in [1.54, 1.807) is 0 Å². The van der Waals surface area contributed by atoms with E-state index in [0.29, 0.717) is 5.56 Å². The van der Waals surface area contributed by atoms with Crippen LogP contribution >= 0.6 is 11.3 Å². The fourth-order valence-electron chi connectivity index (χ4n) is 6.15. The second-order valence-corrected chi connectivity index (χ2v) is 11.5. The van der Waals surface area contributed by atoms with Crippen molar-refractivity contribution in [1.29, 1.82) is 5.26 Å². The number of hydrogen-bond donors (Lipinski definition) is 0. The third-order valence-electron chi connectivity index (χ3n) is 8.05. The summed E-state index contributed by atoms with van der Waals surface area (Å²) in [6.45, 7) is 0. The van der Waals surface area contributed by atoms with E-state index >= 15 is 0 Å². The Balaban J connectivity index is 1.31. The highest BCUT2D eigenvalue weighted by molar-refractivity contribution is 7.26. The average molecular weight is 538 g/mol. The van der Waals surface area contributed by atoms with Crippen molar-refractivity contribution in [3.63, 3.8) is 0 Å². The zero-order chi connectivity index (χ0) is 27.3. The molecule has 41 heavy (non-hydrogen) atoms. The van der Waals surface area contributed by atoms with Crippen molar-refractivity contribution < 1.29 is 0 Å². The first-order chi connectivity index (χ1) is 20.3. The lowest BCUT2D eigenvalue weighted by molar-refractivity contribution is 1.48. The first-order valence-corrected chi connectivity index (χ1v) is 14.6. The number of nitrogens with zero attached hydrogens (tertiary/aromatic N) is 1. The smallest absolute Gasteiger partial charge is 0.0992 e. The summed E-state index contributed by atoms with van der Waals surface area (Å²) in [6, 6.07) is 52.0. The number of rotatable bonds is 3. The maximum absolute atomic E-state index is 10.0. The molecule has 0 saturated carbocycles. The van der Waals surface area contributed by atoms with Gasteiger partial charge in [-0.3, -0.25) is 0 Å². The number of benzene rings is 7. The van der Waals surface area contributed by atoms with Gasteiger partial charge in [-0.25, -0.2) is 0 Å². The summed E-state index contributed by atoms with van der Waals surface area (Å²) >= 11 is 1.82. The Kier molecular flexibility index (Phi) is 5.45. The van der Waals surface area contributed by atoms with Crippen LogP contribution in [0, 0.1) is 11.3 Å². The molecule has 1 heterocycles. The normalized spacial score (nSPS) is 11.4. The largest absolute Gasteiger partial charge is 0.192 e. The molecule has 8 rings (SSSR count). The second-order valence-electron chi connectivity index (χ2n) is 10.5. The highest BCUT2D eigenvalue weighted by Crippen LogP contribution is 2.41. The van der Waals surface area contributed by atoms with Gasteiger partial charge < -0.3 is 0 Å². The highest BCUT2D eigenvalue weighted by Gasteiger charge is 2.14. The second kappa shape index (κ2) is 9.45. The molecular formula is C39H23NS. The molecule has 0 fully saturated rings. The van der Waals surface area contributed by atoms with Crippen LogP contribution in [0.4, 0.5) is 0 Å². The molecule has 0 saturated heterocycles. The summed E-state index contributed by atoms with van der Waals surface area (Å²) in [6.07, 6.45) is 0. The maximum Gasteiger partial charge on any atom is 0.0992 e. The number of fused-ring (bicyclic) bond motifs is 6. The van der Waals surface area contributed by atoms with Gasteiger partial charge in [-0.05, 0) is 91.3 Å². The van der Waals surface area contributed by atoms with Crippen LogP contribution in [0.25, 0.3) is 75.1 Å². The predicted molar refractivity (Wildman–Crippen MR) is 175 cm³/mol. The minimum atomic E-state index is 0.664. The van der Waals surface area contributed by atoms with Gasteiger partial charge in [-0.2, -0.15) is 5.26 Å². The van der Waals surface area contributed by atoms with Crippen molar-refractivity contribution in [2.75, 3.05) is 0 Å². The van der Waals surface area contributed by atoms with Crippen LogP contribution in [0.1, 0.15) is 5.56 Å². The van der Waals surface area contributed by atoms with Crippen molar-refractivity contribution >= 4 is 53.1 Å². The van der Waals surface area contributed by atoms with Crippen LogP contribution in [0.15, 0.2) is 140 Å². The molecule has 0 radical (unpaired) electrons. The number of nitriles is 1. The van der Waals surface area contributed by atoms with Gasteiger partial charge in [0.1, 0.15) is 0 Å². The van der Waals surface area contributed by atoms with E-state index < -0.39 is 0 Å². The van der Waals surface area contributed by atoms with Crippen molar-refractivity contribution in [3.05, 3.63) is 145 Å². The topological polar surface area (TPSA) is 23.8 Å². The van der Waals surface area contributed by atoms with E-state index in [9.17, 15) is 5.26 Å². The van der Waals surface area contributed by atoms with Crippen molar-refractivity contribution in [3.8, 4) is 39.4 Å². The van der Waals surface area contributed by atoms with Crippen LogP contribution in [-0.4, -0.2) is 0 Å². The van der Waals surface area contributed by atoms with E-state index in [-0.39, 0.29) is 0 Å². The van der Waals surface area contributed by atoms with E-state index in [1.165, 1.54) is 58.4 Å². The van der Waals surface area contributed by atoms with E-state index in [2.05, 4.69) is 133 Å². The molecule has 0 bridgehead atoms. The molecule has 0 N–H and O–H groups in total. The Morgan fingerprint density at radius 1 is 0.439 bits per heavy atom. The van der Waals surface area contributed by atoms with Crippen LogP contribution in [0.3, 0.4) is 0 Å². The summed E-state index contributed by atoms with van der Waals surface area (Å²) in [7, 11) is 0. The molecule has 2 heteroatoms. The predicted octanol–water partition coefficient (Wildman–Crippen LogP) is 11.2. The molecule has 0 atom stereocenters. The molecule has 7 aromatic carbocycles. The summed E-state index contributed by atoms with van der Waals surface area (Å²) in [5.74, 6) is 0. The Labute approximate surface area is 242 Å². The SMILES string of the molecule is N#Cc1cc(-c2cccc(-c3cc4ccccc4c4ccccc34)c2)cc(-c2cccc3c2sc2ccccc23)c1. The van der Waals surface area contributed by atoms with Gasteiger partial charge in [0.25, 0.3) is 0 Å². The summed E-state index contributed by atoms with van der Waals surface area (Å²) < 4.78 is 2.54. The third kappa shape index (κ3) is 3.91.